The second-order valence-electron chi connectivity index (χ2n) is 10.7. The number of halogens is 2. The molecular weight excluding hydrogens is 521 g/mol. The molecule has 0 radical (unpaired) electrons. The Morgan fingerprint density at radius 2 is 1.95 bits per heavy atom. The van der Waals surface area contributed by atoms with E-state index in [1.807, 2.05) is 18.7 Å². The van der Waals surface area contributed by atoms with Crippen LogP contribution in [0.15, 0.2) is 47.8 Å². The SMILES string of the molecule is C=CC(=O)N1[C@H](C)CN(c2nc(=O)n3c4c(c(-c5ccccc5F)c(Cl)cc24)OCC3CN2CCC2)C[C@H]1C. The van der Waals surface area contributed by atoms with Crippen LogP contribution in [0.3, 0.4) is 0 Å². The van der Waals surface area contributed by atoms with Gasteiger partial charge in [-0.2, -0.15) is 4.98 Å². The highest BCUT2D eigenvalue weighted by molar-refractivity contribution is 6.35. The van der Waals surface area contributed by atoms with Crippen LogP contribution in [0.5, 0.6) is 5.75 Å². The first kappa shape index (κ1) is 25.8. The monoisotopic (exact) mass is 551 g/mol. The lowest BCUT2D eigenvalue weighted by atomic mass is 9.99. The third-order valence-electron chi connectivity index (χ3n) is 8.09. The lowest BCUT2D eigenvalue weighted by molar-refractivity contribution is -0.130. The Hall–Kier alpha value is -3.43. The normalized spacial score (nSPS) is 22.9. The first-order valence-corrected chi connectivity index (χ1v) is 13.7. The number of rotatable bonds is 5. The van der Waals surface area contributed by atoms with E-state index in [1.165, 1.54) is 12.1 Å². The summed E-state index contributed by atoms with van der Waals surface area (Å²) in [5.74, 6) is 0.339. The Morgan fingerprint density at radius 1 is 1.23 bits per heavy atom. The molecule has 0 bridgehead atoms. The van der Waals surface area contributed by atoms with Gasteiger partial charge in [0.05, 0.1) is 16.6 Å². The number of aromatic nitrogens is 2. The summed E-state index contributed by atoms with van der Waals surface area (Å²) in [7, 11) is 0. The summed E-state index contributed by atoms with van der Waals surface area (Å²) in [6.45, 7) is 11.4. The molecule has 8 nitrogen and oxygen atoms in total. The van der Waals surface area contributed by atoms with Gasteiger partial charge >= 0.3 is 5.69 Å². The van der Waals surface area contributed by atoms with E-state index in [9.17, 15) is 9.59 Å². The number of hydrogen-bond acceptors (Lipinski definition) is 6. The molecule has 2 fully saturated rings. The summed E-state index contributed by atoms with van der Waals surface area (Å²) in [6, 6.07) is 7.70. The number of amides is 1. The van der Waals surface area contributed by atoms with Crippen LogP contribution in [0.2, 0.25) is 5.02 Å². The van der Waals surface area contributed by atoms with Crippen molar-refractivity contribution < 1.29 is 13.9 Å². The maximum Gasteiger partial charge on any atom is 0.350 e. The molecule has 0 spiro atoms. The van der Waals surface area contributed by atoms with Crippen molar-refractivity contribution in [3.8, 4) is 16.9 Å². The molecule has 3 aromatic rings. The fraction of sp³-hybridized carbons (Fsp3) is 0.414. The topological polar surface area (TPSA) is 70.9 Å². The number of nitrogens with zero attached hydrogens (tertiary/aromatic N) is 5. The van der Waals surface area contributed by atoms with Gasteiger partial charge in [-0.25, -0.2) is 9.18 Å². The highest BCUT2D eigenvalue weighted by Crippen LogP contribution is 2.47. The van der Waals surface area contributed by atoms with Crippen LogP contribution in [0.4, 0.5) is 10.2 Å². The highest BCUT2D eigenvalue weighted by Gasteiger charge is 2.36. The second kappa shape index (κ2) is 9.95. The predicted octanol–water partition coefficient (Wildman–Crippen LogP) is 4.11. The van der Waals surface area contributed by atoms with Crippen molar-refractivity contribution in [3.63, 3.8) is 0 Å². The van der Waals surface area contributed by atoms with E-state index in [4.69, 9.17) is 16.3 Å². The Balaban J connectivity index is 1.55. The van der Waals surface area contributed by atoms with Crippen LogP contribution in [0.25, 0.3) is 22.0 Å². The number of hydrogen-bond donors (Lipinski definition) is 0. The summed E-state index contributed by atoms with van der Waals surface area (Å²) in [6.07, 6.45) is 2.46. The van der Waals surface area contributed by atoms with Gasteiger partial charge in [-0.05, 0) is 51.6 Å². The van der Waals surface area contributed by atoms with Gasteiger partial charge in [-0.3, -0.25) is 9.36 Å². The highest BCUT2D eigenvalue weighted by atomic mass is 35.5. The molecule has 3 atom stereocenters. The van der Waals surface area contributed by atoms with Gasteiger partial charge in [0.25, 0.3) is 0 Å². The predicted molar refractivity (Wildman–Crippen MR) is 150 cm³/mol. The number of benzene rings is 2. The summed E-state index contributed by atoms with van der Waals surface area (Å²) in [5.41, 5.74) is 0.948. The Bertz CT molecular complexity index is 1530. The molecule has 2 aromatic carbocycles. The van der Waals surface area contributed by atoms with Crippen LogP contribution in [0, 0.1) is 5.82 Å². The molecule has 10 heteroatoms. The fourth-order valence-corrected chi connectivity index (χ4v) is 6.54. The largest absolute Gasteiger partial charge is 0.488 e. The van der Waals surface area contributed by atoms with E-state index in [-0.39, 0.29) is 36.3 Å². The summed E-state index contributed by atoms with van der Waals surface area (Å²) >= 11 is 6.86. The van der Waals surface area contributed by atoms with Crippen LogP contribution in [-0.2, 0) is 4.79 Å². The molecule has 1 amide bonds. The zero-order chi connectivity index (χ0) is 27.4. The second-order valence-corrected chi connectivity index (χ2v) is 11.1. The van der Waals surface area contributed by atoms with Crippen LogP contribution < -0.4 is 15.3 Å². The third kappa shape index (κ3) is 4.28. The number of anilines is 1. The van der Waals surface area contributed by atoms with Crippen LogP contribution in [0.1, 0.15) is 26.3 Å². The van der Waals surface area contributed by atoms with Crippen molar-refractivity contribution in [2.24, 2.45) is 0 Å². The van der Waals surface area contributed by atoms with Crippen LogP contribution >= 0.6 is 11.6 Å². The Labute approximate surface area is 231 Å². The van der Waals surface area contributed by atoms with Gasteiger partial charge in [0, 0.05) is 48.2 Å². The average Bonchev–Trinajstić information content (AvgIpc) is 2.88. The third-order valence-corrected chi connectivity index (χ3v) is 8.39. The molecule has 2 saturated heterocycles. The fourth-order valence-electron chi connectivity index (χ4n) is 6.25. The smallest absolute Gasteiger partial charge is 0.350 e. The molecule has 3 aliphatic heterocycles. The lowest BCUT2D eigenvalue weighted by Gasteiger charge is -2.45. The Morgan fingerprint density at radius 3 is 2.59 bits per heavy atom. The van der Waals surface area contributed by atoms with Gasteiger partial charge in [0.2, 0.25) is 5.91 Å². The summed E-state index contributed by atoms with van der Waals surface area (Å²) in [5, 5.41) is 0.990. The molecule has 0 saturated carbocycles. The maximum atomic E-state index is 15.0. The first-order valence-electron chi connectivity index (χ1n) is 13.4. The number of carbonyl (C=O) groups excluding carboxylic acids is 1. The van der Waals surface area contributed by atoms with Gasteiger partial charge in [0.1, 0.15) is 18.2 Å². The van der Waals surface area contributed by atoms with Crippen molar-refractivity contribution in [2.45, 2.75) is 38.4 Å². The minimum atomic E-state index is -0.421. The van der Waals surface area contributed by atoms with Crippen molar-refractivity contribution in [2.75, 3.05) is 44.2 Å². The van der Waals surface area contributed by atoms with E-state index in [0.717, 1.165) is 19.5 Å². The molecule has 204 valence electrons. The lowest BCUT2D eigenvalue weighted by Crippen LogP contribution is -2.58. The molecule has 0 N–H and O–H groups in total. The maximum absolute atomic E-state index is 15.0. The molecular formula is C29H31ClFN5O3. The van der Waals surface area contributed by atoms with E-state index < -0.39 is 5.82 Å². The molecule has 6 rings (SSSR count). The number of carbonyl (C=O) groups is 1. The molecule has 1 aromatic heterocycles. The molecule has 39 heavy (non-hydrogen) atoms. The van der Waals surface area contributed by atoms with E-state index in [2.05, 4.69) is 16.5 Å². The van der Waals surface area contributed by atoms with Crippen LogP contribution in [-0.4, -0.2) is 76.7 Å². The first-order chi connectivity index (χ1) is 18.8. The zero-order valence-corrected chi connectivity index (χ0v) is 22.8. The van der Waals surface area contributed by atoms with Gasteiger partial charge < -0.3 is 19.4 Å². The zero-order valence-electron chi connectivity index (χ0n) is 22.1. The number of likely N-dealkylation sites (tertiary alicyclic amines) is 1. The minimum Gasteiger partial charge on any atom is -0.488 e. The minimum absolute atomic E-state index is 0.126. The van der Waals surface area contributed by atoms with Crippen molar-refractivity contribution in [3.05, 3.63) is 64.3 Å². The van der Waals surface area contributed by atoms with Gasteiger partial charge in [0.15, 0.2) is 5.75 Å². The molecule has 4 heterocycles. The number of piperazine rings is 1. The standard InChI is InChI=1S/C29H31ClFN5O3/c1-4-24(37)35-17(2)13-34(14-18(35)3)28-21-12-22(30)25(20-8-5-6-9-23(20)31)27-26(21)36(29(38)32-28)19(16-39-27)15-33-10-7-11-33/h4-6,8-9,12,17-19H,1,7,10-11,13-16H2,2-3H3/t17-,18-,19?/m1/s1. The van der Waals surface area contributed by atoms with E-state index >= 15 is 4.39 Å². The molecule has 0 aliphatic carbocycles. The Kier molecular flexibility index (Phi) is 6.59. The van der Waals surface area contributed by atoms with E-state index in [1.54, 1.807) is 33.7 Å². The number of ether oxygens (including phenoxy) is 1. The van der Waals surface area contributed by atoms with Gasteiger partial charge in [-0.15, -0.1) is 0 Å². The summed E-state index contributed by atoms with van der Waals surface area (Å²) in [4.78, 5) is 37.0. The summed E-state index contributed by atoms with van der Waals surface area (Å²) < 4.78 is 23.1. The average molecular weight is 552 g/mol. The van der Waals surface area contributed by atoms with Gasteiger partial charge in [-0.1, -0.05) is 36.4 Å². The van der Waals surface area contributed by atoms with Crippen molar-refractivity contribution >= 4 is 34.2 Å². The van der Waals surface area contributed by atoms with Crippen molar-refractivity contribution in [1.29, 1.82) is 0 Å². The van der Waals surface area contributed by atoms with E-state index in [0.29, 0.717) is 58.3 Å². The quantitative estimate of drug-likeness (QED) is 0.445. The van der Waals surface area contributed by atoms with Crippen molar-refractivity contribution in [1.82, 2.24) is 19.4 Å². The molecule has 3 aliphatic rings. The molecule has 1 unspecified atom stereocenters.